The van der Waals surface area contributed by atoms with Gasteiger partial charge in [-0.05, 0) is 62.8 Å². The number of benzene rings is 2. The largest absolute Gasteiger partial charge is 0.508 e. The molecule has 4 rings (SSSR count). The zero-order valence-electron chi connectivity index (χ0n) is 16.5. The first-order valence-electron chi connectivity index (χ1n) is 10.4. The molecule has 0 spiro atoms. The number of nitrogens with zero attached hydrogens (tertiary/aromatic N) is 2. The van der Waals surface area contributed by atoms with Crippen molar-refractivity contribution in [2.75, 3.05) is 36.0 Å². The number of anilines is 2. The van der Waals surface area contributed by atoms with E-state index >= 15 is 0 Å². The van der Waals surface area contributed by atoms with Crippen LogP contribution in [0.5, 0.6) is 11.5 Å². The molecule has 0 aromatic heterocycles. The van der Waals surface area contributed by atoms with Gasteiger partial charge in [0.1, 0.15) is 11.5 Å². The van der Waals surface area contributed by atoms with Gasteiger partial charge >= 0.3 is 0 Å². The first-order valence-corrected chi connectivity index (χ1v) is 10.4. The summed E-state index contributed by atoms with van der Waals surface area (Å²) in [4.78, 5) is 4.61. The molecule has 0 saturated carbocycles. The number of piperidine rings is 1. The summed E-state index contributed by atoms with van der Waals surface area (Å²) in [6.45, 7) is 3.51. The molecule has 1 unspecified atom stereocenters. The minimum atomic E-state index is 0.236. The number of aromatic hydroxyl groups is 2. The van der Waals surface area contributed by atoms with Crippen molar-refractivity contribution in [1.82, 2.24) is 0 Å². The van der Waals surface area contributed by atoms with Crippen LogP contribution in [-0.4, -0.2) is 47.6 Å². The Kier molecular flexibility index (Phi) is 7.43. The average Bonchev–Trinajstić information content (AvgIpc) is 3.18. The minimum Gasteiger partial charge on any atom is -0.508 e. The van der Waals surface area contributed by atoms with Gasteiger partial charge in [0.15, 0.2) is 0 Å². The third-order valence-corrected chi connectivity index (χ3v) is 5.55. The maximum Gasteiger partial charge on any atom is 0.117 e. The van der Waals surface area contributed by atoms with E-state index in [1.807, 2.05) is 24.3 Å². The Bertz CT molecular complexity index is 731. The maximum atomic E-state index is 9.41. The Labute approximate surface area is 167 Å². The van der Waals surface area contributed by atoms with Crippen molar-refractivity contribution < 1.29 is 15.3 Å². The van der Waals surface area contributed by atoms with Gasteiger partial charge in [0.2, 0.25) is 0 Å². The molecule has 2 aliphatic heterocycles. The quantitative estimate of drug-likeness (QED) is 0.740. The molecule has 2 aromatic carbocycles. The molecule has 2 aromatic rings. The second kappa shape index (κ2) is 10.2. The van der Waals surface area contributed by atoms with Crippen LogP contribution in [0.3, 0.4) is 0 Å². The number of rotatable bonds is 4. The van der Waals surface area contributed by atoms with E-state index < -0.39 is 0 Å². The van der Waals surface area contributed by atoms with Crippen LogP contribution < -0.4 is 9.80 Å². The lowest BCUT2D eigenvalue weighted by atomic mass is 10.1. The SMILES string of the molecule is OCCC1CCCN1c1cccc(O)c1.Oc1cccc(N2CCCCC2)c1. The van der Waals surface area contributed by atoms with E-state index in [-0.39, 0.29) is 6.61 Å². The maximum absolute atomic E-state index is 9.41. The van der Waals surface area contributed by atoms with Crippen LogP contribution in [-0.2, 0) is 0 Å². The normalized spacial score (nSPS) is 19.2. The van der Waals surface area contributed by atoms with Crippen LogP contribution in [0, 0.1) is 0 Å². The molecule has 2 aliphatic rings. The van der Waals surface area contributed by atoms with Crippen LogP contribution in [0.4, 0.5) is 11.4 Å². The molecule has 0 radical (unpaired) electrons. The van der Waals surface area contributed by atoms with E-state index in [0.29, 0.717) is 17.5 Å². The highest BCUT2D eigenvalue weighted by Crippen LogP contribution is 2.29. The van der Waals surface area contributed by atoms with Crippen molar-refractivity contribution in [1.29, 1.82) is 0 Å². The average molecular weight is 385 g/mol. The number of phenols is 2. The molecule has 5 heteroatoms. The minimum absolute atomic E-state index is 0.236. The zero-order valence-corrected chi connectivity index (χ0v) is 16.5. The van der Waals surface area contributed by atoms with Crippen molar-refractivity contribution in [2.24, 2.45) is 0 Å². The van der Waals surface area contributed by atoms with Crippen LogP contribution in [0.2, 0.25) is 0 Å². The van der Waals surface area contributed by atoms with Crippen molar-refractivity contribution in [2.45, 2.75) is 44.6 Å². The first kappa shape index (κ1) is 20.3. The smallest absolute Gasteiger partial charge is 0.117 e. The molecule has 2 heterocycles. The standard InChI is InChI=1S/C12H17NO2.C11H15NO/c14-8-6-10-4-2-7-13(10)11-3-1-5-12(15)9-11;13-11-6-4-5-10(9-11)12-7-2-1-3-8-12/h1,3,5,9-10,14-15H,2,4,6-8H2;4-6,9,13H,1-3,7-8H2. The van der Waals surface area contributed by atoms with E-state index in [0.717, 1.165) is 43.9 Å². The monoisotopic (exact) mass is 384 g/mol. The first-order chi connectivity index (χ1) is 13.7. The van der Waals surface area contributed by atoms with Crippen molar-refractivity contribution in [3.63, 3.8) is 0 Å². The van der Waals surface area contributed by atoms with Gasteiger partial charge < -0.3 is 25.1 Å². The molecule has 0 aliphatic carbocycles. The summed E-state index contributed by atoms with van der Waals surface area (Å²) in [6.07, 6.45) is 7.01. The lowest BCUT2D eigenvalue weighted by Gasteiger charge is -2.28. The number of aliphatic hydroxyl groups is 1. The Morgan fingerprint density at radius 3 is 2.07 bits per heavy atom. The van der Waals surface area contributed by atoms with E-state index in [1.165, 1.54) is 25.7 Å². The summed E-state index contributed by atoms with van der Waals surface area (Å²) in [5.41, 5.74) is 2.21. The highest BCUT2D eigenvalue weighted by molar-refractivity contribution is 5.52. The lowest BCUT2D eigenvalue weighted by molar-refractivity contribution is 0.276. The Morgan fingerprint density at radius 2 is 1.43 bits per heavy atom. The highest BCUT2D eigenvalue weighted by Gasteiger charge is 2.24. The number of aliphatic hydroxyl groups excluding tert-OH is 1. The van der Waals surface area contributed by atoms with Gasteiger partial charge in [-0.3, -0.25) is 0 Å². The Morgan fingerprint density at radius 1 is 0.786 bits per heavy atom. The molecule has 0 amide bonds. The molecule has 28 heavy (non-hydrogen) atoms. The summed E-state index contributed by atoms with van der Waals surface area (Å²) in [7, 11) is 0. The number of hydrogen-bond acceptors (Lipinski definition) is 5. The van der Waals surface area contributed by atoms with E-state index in [1.54, 1.807) is 18.2 Å². The fourth-order valence-electron chi connectivity index (χ4n) is 4.14. The summed E-state index contributed by atoms with van der Waals surface area (Å²) >= 11 is 0. The van der Waals surface area contributed by atoms with Crippen molar-refractivity contribution in [3.05, 3.63) is 48.5 Å². The number of hydrogen-bond donors (Lipinski definition) is 3. The molecule has 1 atom stereocenters. The molecular weight excluding hydrogens is 352 g/mol. The number of phenolic OH excluding ortho intramolecular Hbond substituents is 2. The molecule has 5 nitrogen and oxygen atoms in total. The van der Waals surface area contributed by atoms with Gasteiger partial charge in [-0.25, -0.2) is 0 Å². The van der Waals surface area contributed by atoms with Crippen LogP contribution in [0.1, 0.15) is 38.5 Å². The van der Waals surface area contributed by atoms with Crippen molar-refractivity contribution >= 4 is 11.4 Å². The summed E-state index contributed by atoms with van der Waals surface area (Å²) in [6, 6.07) is 15.3. The van der Waals surface area contributed by atoms with Gasteiger partial charge in [0, 0.05) is 55.8 Å². The zero-order chi connectivity index (χ0) is 19.8. The summed E-state index contributed by atoms with van der Waals surface area (Å²) < 4.78 is 0. The Balaban J connectivity index is 0.000000162. The topological polar surface area (TPSA) is 67.2 Å². The second-order valence-corrected chi connectivity index (χ2v) is 7.59. The lowest BCUT2D eigenvalue weighted by Crippen LogP contribution is -2.29. The van der Waals surface area contributed by atoms with E-state index in [2.05, 4.69) is 15.9 Å². The fraction of sp³-hybridized carbons (Fsp3) is 0.478. The van der Waals surface area contributed by atoms with Crippen LogP contribution in [0.25, 0.3) is 0 Å². The van der Waals surface area contributed by atoms with Crippen molar-refractivity contribution in [3.8, 4) is 11.5 Å². The van der Waals surface area contributed by atoms with Gasteiger partial charge in [-0.1, -0.05) is 12.1 Å². The van der Waals surface area contributed by atoms with Gasteiger partial charge in [0.25, 0.3) is 0 Å². The van der Waals surface area contributed by atoms with Crippen LogP contribution >= 0.6 is 0 Å². The summed E-state index contributed by atoms with van der Waals surface area (Å²) in [5.74, 6) is 0.672. The molecule has 2 fully saturated rings. The third kappa shape index (κ3) is 5.55. The molecule has 2 saturated heterocycles. The van der Waals surface area contributed by atoms with Crippen LogP contribution in [0.15, 0.2) is 48.5 Å². The molecule has 3 N–H and O–H groups in total. The molecule has 0 bridgehead atoms. The fourth-order valence-corrected chi connectivity index (χ4v) is 4.14. The Hall–Kier alpha value is -2.40. The molecular formula is C23H32N2O3. The van der Waals surface area contributed by atoms with Gasteiger partial charge in [-0.2, -0.15) is 0 Å². The predicted octanol–water partition coefficient (Wildman–Crippen LogP) is 4.13. The highest BCUT2D eigenvalue weighted by atomic mass is 16.3. The van der Waals surface area contributed by atoms with E-state index in [9.17, 15) is 10.2 Å². The van der Waals surface area contributed by atoms with Gasteiger partial charge in [0.05, 0.1) is 0 Å². The predicted molar refractivity (Wildman–Crippen MR) is 114 cm³/mol. The second-order valence-electron chi connectivity index (χ2n) is 7.59. The molecule has 152 valence electrons. The summed E-state index contributed by atoms with van der Waals surface area (Å²) in [5, 5.41) is 27.7. The van der Waals surface area contributed by atoms with Gasteiger partial charge in [-0.15, -0.1) is 0 Å². The third-order valence-electron chi connectivity index (χ3n) is 5.55. The van der Waals surface area contributed by atoms with E-state index in [4.69, 9.17) is 5.11 Å².